The van der Waals surface area contributed by atoms with Gasteiger partial charge in [0.05, 0.1) is 5.69 Å². The summed E-state index contributed by atoms with van der Waals surface area (Å²) in [4.78, 5) is 2.40. The fourth-order valence-electron chi connectivity index (χ4n) is 4.49. The van der Waals surface area contributed by atoms with E-state index in [1.165, 1.54) is 44.5 Å². The largest absolute Gasteiger partial charge is 0.310 e. The van der Waals surface area contributed by atoms with Crippen molar-refractivity contribution in [3.63, 3.8) is 0 Å². The number of fused-ring (bicyclic) bond motifs is 1. The molecule has 1 aliphatic rings. The van der Waals surface area contributed by atoms with Crippen molar-refractivity contribution in [3.8, 4) is 11.1 Å². The Morgan fingerprint density at radius 2 is 1.56 bits per heavy atom. The minimum absolute atomic E-state index is 1.07. The predicted octanol–water partition coefficient (Wildman–Crippen LogP) is 8.91. The van der Waals surface area contributed by atoms with Gasteiger partial charge < -0.3 is 4.90 Å². The summed E-state index contributed by atoms with van der Waals surface area (Å²) in [6, 6.07) is 32.7. The molecule has 0 aromatic heterocycles. The van der Waals surface area contributed by atoms with Crippen LogP contribution in [0.3, 0.4) is 0 Å². The lowest BCUT2D eigenvalue weighted by Crippen LogP contribution is -2.16. The first-order valence-corrected chi connectivity index (χ1v) is 11.3. The van der Waals surface area contributed by atoms with Crippen molar-refractivity contribution in [1.82, 2.24) is 0 Å². The molecule has 0 spiro atoms. The second-order valence-electron chi connectivity index (χ2n) is 8.08. The highest BCUT2D eigenvalue weighted by Crippen LogP contribution is 2.40. The van der Waals surface area contributed by atoms with E-state index < -0.39 is 0 Å². The summed E-state index contributed by atoms with van der Waals surface area (Å²) in [6.45, 7) is 2.07. The molecule has 156 valence electrons. The molecule has 0 fully saturated rings. The fourth-order valence-corrected chi connectivity index (χ4v) is 4.49. The number of hydrogen-bond donors (Lipinski definition) is 0. The number of nitrogens with zero attached hydrogens (tertiary/aromatic N) is 1. The summed E-state index contributed by atoms with van der Waals surface area (Å²) in [6.07, 6.45) is 13.3. The molecule has 0 heterocycles. The Bertz CT molecular complexity index is 1330. The van der Waals surface area contributed by atoms with Crippen LogP contribution in [0.5, 0.6) is 0 Å². The van der Waals surface area contributed by atoms with Crippen molar-refractivity contribution in [2.24, 2.45) is 0 Å². The molecule has 0 amide bonds. The van der Waals surface area contributed by atoms with Crippen LogP contribution in [0, 0.1) is 0 Å². The molecule has 4 aromatic rings. The maximum atomic E-state index is 2.40. The summed E-state index contributed by atoms with van der Waals surface area (Å²) in [5.74, 6) is 0. The van der Waals surface area contributed by atoms with E-state index in [4.69, 9.17) is 0 Å². The number of allylic oxidation sites excluding steroid dienone is 4. The zero-order valence-corrected chi connectivity index (χ0v) is 18.4. The van der Waals surface area contributed by atoms with Crippen LogP contribution < -0.4 is 4.90 Å². The Balaban J connectivity index is 1.79. The van der Waals surface area contributed by atoms with Crippen LogP contribution in [0.4, 0.5) is 11.4 Å². The van der Waals surface area contributed by atoms with Gasteiger partial charge in [0.15, 0.2) is 0 Å². The fraction of sp³-hybridized carbons (Fsp3) is 0.0968. The third kappa shape index (κ3) is 3.90. The van der Waals surface area contributed by atoms with E-state index in [0.29, 0.717) is 0 Å². The van der Waals surface area contributed by atoms with Crippen molar-refractivity contribution >= 4 is 28.2 Å². The molecule has 0 saturated carbocycles. The van der Waals surface area contributed by atoms with E-state index in [0.717, 1.165) is 12.8 Å². The van der Waals surface area contributed by atoms with Crippen molar-refractivity contribution in [2.75, 3.05) is 4.90 Å². The summed E-state index contributed by atoms with van der Waals surface area (Å²) < 4.78 is 0. The highest BCUT2D eigenvalue weighted by atomic mass is 15.1. The van der Waals surface area contributed by atoms with Gasteiger partial charge in [-0.25, -0.2) is 0 Å². The molecule has 1 nitrogen and oxygen atoms in total. The average Bonchev–Trinajstić information content (AvgIpc) is 2.86. The Kier molecular flexibility index (Phi) is 5.72. The van der Waals surface area contributed by atoms with Crippen LogP contribution >= 0.6 is 0 Å². The Morgan fingerprint density at radius 1 is 0.781 bits per heavy atom. The second-order valence-corrected chi connectivity index (χ2v) is 8.08. The normalized spacial score (nSPS) is 13.5. The van der Waals surface area contributed by atoms with Gasteiger partial charge in [-0.15, -0.1) is 0 Å². The molecule has 0 unspecified atom stereocenters. The van der Waals surface area contributed by atoms with Gasteiger partial charge in [-0.2, -0.15) is 0 Å². The van der Waals surface area contributed by atoms with Crippen molar-refractivity contribution in [3.05, 3.63) is 127 Å². The number of rotatable bonds is 5. The molecular formula is C31H27N. The quantitative estimate of drug-likeness (QED) is 0.316. The summed E-state index contributed by atoms with van der Waals surface area (Å²) >= 11 is 0. The van der Waals surface area contributed by atoms with E-state index >= 15 is 0 Å². The summed E-state index contributed by atoms with van der Waals surface area (Å²) in [5, 5.41) is 2.50. The smallest absolute Gasteiger partial charge is 0.0546 e. The second kappa shape index (κ2) is 9.11. The van der Waals surface area contributed by atoms with Crippen LogP contribution in [0.15, 0.2) is 121 Å². The van der Waals surface area contributed by atoms with Gasteiger partial charge in [0.2, 0.25) is 0 Å². The van der Waals surface area contributed by atoms with Crippen molar-refractivity contribution < 1.29 is 0 Å². The van der Waals surface area contributed by atoms with Gasteiger partial charge >= 0.3 is 0 Å². The molecule has 0 radical (unpaired) electrons. The first-order chi connectivity index (χ1) is 15.8. The standard InChI is InChI=1S/C31H27N/c1-2-13-24-14-9-11-20-29(24)26-22-25-15-10-12-21-30(25)31(23-26)32(27-16-5-3-6-17-27)28-18-7-4-8-19-28/h2-3,5-7,9-23H,4,8H2,1H3/b13-2-. The maximum absolute atomic E-state index is 2.40. The third-order valence-corrected chi connectivity index (χ3v) is 5.95. The van der Waals surface area contributed by atoms with E-state index in [2.05, 4.69) is 133 Å². The molecular weight excluding hydrogens is 386 g/mol. The lowest BCUT2D eigenvalue weighted by atomic mass is 9.95. The summed E-state index contributed by atoms with van der Waals surface area (Å²) in [7, 11) is 0. The number of anilines is 2. The number of hydrogen-bond acceptors (Lipinski definition) is 1. The van der Waals surface area contributed by atoms with Gasteiger partial charge in [-0.05, 0) is 72.2 Å². The van der Waals surface area contributed by atoms with Crippen LogP contribution in [0.1, 0.15) is 25.3 Å². The topological polar surface area (TPSA) is 3.24 Å². The SMILES string of the molecule is C/C=C\c1ccccc1-c1cc(N(C2=CCCC=C2)c2ccccc2)c2ccccc2c1. The van der Waals surface area contributed by atoms with Crippen LogP contribution in [0.2, 0.25) is 0 Å². The van der Waals surface area contributed by atoms with Gasteiger partial charge in [0.25, 0.3) is 0 Å². The molecule has 0 bridgehead atoms. The lowest BCUT2D eigenvalue weighted by Gasteiger charge is -2.29. The molecule has 0 saturated heterocycles. The average molecular weight is 414 g/mol. The van der Waals surface area contributed by atoms with Gasteiger partial charge in [-0.3, -0.25) is 0 Å². The van der Waals surface area contributed by atoms with Gasteiger partial charge in [0, 0.05) is 16.8 Å². The highest BCUT2D eigenvalue weighted by molar-refractivity contribution is 6.01. The molecule has 1 heteroatoms. The monoisotopic (exact) mass is 413 g/mol. The van der Waals surface area contributed by atoms with Crippen molar-refractivity contribution in [1.29, 1.82) is 0 Å². The van der Waals surface area contributed by atoms with Crippen molar-refractivity contribution in [2.45, 2.75) is 19.8 Å². The van der Waals surface area contributed by atoms with E-state index in [1.54, 1.807) is 0 Å². The van der Waals surface area contributed by atoms with E-state index in [9.17, 15) is 0 Å². The first-order valence-electron chi connectivity index (χ1n) is 11.3. The minimum atomic E-state index is 1.07. The maximum Gasteiger partial charge on any atom is 0.0546 e. The molecule has 0 atom stereocenters. The first kappa shape index (κ1) is 20.1. The van der Waals surface area contributed by atoms with E-state index in [1.807, 2.05) is 0 Å². The molecule has 32 heavy (non-hydrogen) atoms. The molecule has 5 rings (SSSR count). The van der Waals surface area contributed by atoms with Crippen LogP contribution in [-0.2, 0) is 0 Å². The van der Waals surface area contributed by atoms with Gasteiger partial charge in [-0.1, -0.05) is 91.0 Å². The zero-order chi connectivity index (χ0) is 21.8. The molecule has 0 N–H and O–H groups in total. The molecule has 1 aliphatic carbocycles. The highest BCUT2D eigenvalue weighted by Gasteiger charge is 2.18. The Labute approximate surface area is 190 Å². The minimum Gasteiger partial charge on any atom is -0.310 e. The Hall–Kier alpha value is -3.84. The number of para-hydroxylation sites is 1. The third-order valence-electron chi connectivity index (χ3n) is 5.95. The molecule has 0 aliphatic heterocycles. The lowest BCUT2D eigenvalue weighted by molar-refractivity contribution is 0.998. The Morgan fingerprint density at radius 3 is 2.38 bits per heavy atom. The molecule has 4 aromatic carbocycles. The predicted molar refractivity (Wildman–Crippen MR) is 139 cm³/mol. The summed E-state index contributed by atoms with van der Waals surface area (Å²) in [5.41, 5.74) is 7.32. The van der Waals surface area contributed by atoms with Crippen LogP contribution in [-0.4, -0.2) is 0 Å². The van der Waals surface area contributed by atoms with E-state index in [-0.39, 0.29) is 0 Å². The van der Waals surface area contributed by atoms with Crippen LogP contribution in [0.25, 0.3) is 28.0 Å². The number of benzene rings is 4. The van der Waals surface area contributed by atoms with Gasteiger partial charge in [0.1, 0.15) is 0 Å². The zero-order valence-electron chi connectivity index (χ0n) is 18.4.